The van der Waals surface area contributed by atoms with Crippen LogP contribution < -0.4 is 5.32 Å². The molecule has 1 aromatic carbocycles. The maximum Gasteiger partial charge on any atom is 0.134 e. The van der Waals surface area contributed by atoms with E-state index in [0.717, 1.165) is 31.0 Å². The summed E-state index contributed by atoms with van der Waals surface area (Å²) in [5.74, 6) is 3.74. The molecule has 112 valence electrons. The van der Waals surface area contributed by atoms with Crippen LogP contribution in [0.1, 0.15) is 32.1 Å². The molecular weight excluding hydrogens is 260 g/mol. The Morgan fingerprint density at radius 3 is 2.76 bits per heavy atom. The van der Waals surface area contributed by atoms with Gasteiger partial charge in [0.15, 0.2) is 0 Å². The molecule has 1 N–H and O–H groups in total. The molecule has 2 aromatic rings. The van der Waals surface area contributed by atoms with Crippen molar-refractivity contribution in [1.29, 1.82) is 0 Å². The summed E-state index contributed by atoms with van der Waals surface area (Å²) in [7, 11) is 0. The third kappa shape index (κ3) is 3.87. The summed E-state index contributed by atoms with van der Waals surface area (Å²) < 4.78 is 6.03. The number of para-hydroxylation sites is 1. The van der Waals surface area contributed by atoms with E-state index in [0.29, 0.717) is 12.6 Å². The fourth-order valence-electron chi connectivity index (χ4n) is 2.39. The standard InChI is InChI=1S/C18H24N2O/c1-5-11-20(6-2)13-16-15-9-7-8-10-17(15)21-18(16)12-19-14(3)4/h1,7-10,14,19H,6,11-13H2,2-4H3. The van der Waals surface area contributed by atoms with Crippen LogP contribution in [0.2, 0.25) is 0 Å². The number of rotatable bonds is 7. The van der Waals surface area contributed by atoms with Gasteiger partial charge in [-0.25, -0.2) is 0 Å². The first-order chi connectivity index (χ1) is 10.2. The maximum atomic E-state index is 6.03. The number of hydrogen-bond acceptors (Lipinski definition) is 3. The molecular formula is C18H24N2O. The van der Waals surface area contributed by atoms with Crippen molar-refractivity contribution in [1.82, 2.24) is 10.2 Å². The van der Waals surface area contributed by atoms with Gasteiger partial charge in [-0.05, 0) is 12.6 Å². The summed E-state index contributed by atoms with van der Waals surface area (Å²) in [6.45, 7) is 9.57. The van der Waals surface area contributed by atoms with E-state index in [-0.39, 0.29) is 0 Å². The summed E-state index contributed by atoms with van der Waals surface area (Å²) in [4.78, 5) is 2.25. The van der Waals surface area contributed by atoms with E-state index in [9.17, 15) is 0 Å². The predicted molar refractivity (Wildman–Crippen MR) is 88.0 cm³/mol. The molecule has 0 fully saturated rings. The van der Waals surface area contributed by atoms with Gasteiger partial charge in [0.25, 0.3) is 0 Å². The number of terminal acetylenes is 1. The first-order valence-electron chi connectivity index (χ1n) is 7.54. The highest BCUT2D eigenvalue weighted by molar-refractivity contribution is 5.82. The van der Waals surface area contributed by atoms with Crippen molar-refractivity contribution in [3.8, 4) is 12.3 Å². The van der Waals surface area contributed by atoms with Crippen molar-refractivity contribution in [2.45, 2.75) is 39.9 Å². The van der Waals surface area contributed by atoms with E-state index in [1.54, 1.807) is 0 Å². The van der Waals surface area contributed by atoms with Crippen molar-refractivity contribution in [3.63, 3.8) is 0 Å². The average Bonchev–Trinajstić information content (AvgIpc) is 2.82. The van der Waals surface area contributed by atoms with E-state index >= 15 is 0 Å². The van der Waals surface area contributed by atoms with Gasteiger partial charge in [0.1, 0.15) is 11.3 Å². The molecule has 0 atom stereocenters. The first-order valence-corrected chi connectivity index (χ1v) is 7.54. The Morgan fingerprint density at radius 1 is 1.33 bits per heavy atom. The minimum atomic E-state index is 0.430. The summed E-state index contributed by atoms with van der Waals surface area (Å²) in [6, 6.07) is 8.64. The molecule has 0 saturated heterocycles. The molecule has 0 bridgehead atoms. The Bertz CT molecular complexity index is 622. The molecule has 0 aliphatic heterocycles. The summed E-state index contributed by atoms with van der Waals surface area (Å²) >= 11 is 0. The van der Waals surface area contributed by atoms with Gasteiger partial charge in [-0.15, -0.1) is 6.42 Å². The molecule has 2 rings (SSSR count). The summed E-state index contributed by atoms with van der Waals surface area (Å²) in [6.07, 6.45) is 5.46. The molecule has 3 heteroatoms. The monoisotopic (exact) mass is 284 g/mol. The Hall–Kier alpha value is -1.76. The fourth-order valence-corrected chi connectivity index (χ4v) is 2.39. The first kappa shape index (κ1) is 15.6. The molecule has 0 aliphatic rings. The minimum Gasteiger partial charge on any atom is -0.459 e. The highest BCUT2D eigenvalue weighted by atomic mass is 16.3. The van der Waals surface area contributed by atoms with Crippen LogP contribution in [-0.4, -0.2) is 24.0 Å². The van der Waals surface area contributed by atoms with E-state index in [1.165, 1.54) is 10.9 Å². The Labute approximate surface area is 127 Å². The molecule has 21 heavy (non-hydrogen) atoms. The molecule has 0 unspecified atom stereocenters. The summed E-state index contributed by atoms with van der Waals surface area (Å²) in [5.41, 5.74) is 2.20. The smallest absolute Gasteiger partial charge is 0.134 e. The number of nitrogens with one attached hydrogen (secondary N) is 1. The van der Waals surface area contributed by atoms with Crippen molar-refractivity contribution in [3.05, 3.63) is 35.6 Å². The van der Waals surface area contributed by atoms with Crippen LogP contribution in [-0.2, 0) is 13.1 Å². The SMILES string of the molecule is C#CCN(CC)Cc1c(CNC(C)C)oc2ccccc12. The lowest BCUT2D eigenvalue weighted by molar-refractivity contribution is 0.312. The Kier molecular flexibility index (Phi) is 5.44. The van der Waals surface area contributed by atoms with Crippen LogP contribution in [0.3, 0.4) is 0 Å². The lowest BCUT2D eigenvalue weighted by Gasteiger charge is -2.18. The Balaban J connectivity index is 2.33. The second kappa shape index (κ2) is 7.31. The van der Waals surface area contributed by atoms with Crippen LogP contribution in [0.15, 0.2) is 28.7 Å². The largest absolute Gasteiger partial charge is 0.459 e. The normalized spacial score (nSPS) is 11.4. The zero-order chi connectivity index (χ0) is 15.2. The van der Waals surface area contributed by atoms with Gasteiger partial charge < -0.3 is 9.73 Å². The molecule has 0 aliphatic carbocycles. The Morgan fingerprint density at radius 2 is 2.10 bits per heavy atom. The van der Waals surface area contributed by atoms with E-state index < -0.39 is 0 Å². The zero-order valence-corrected chi connectivity index (χ0v) is 13.1. The topological polar surface area (TPSA) is 28.4 Å². The van der Waals surface area contributed by atoms with Gasteiger partial charge in [-0.1, -0.05) is 44.9 Å². The molecule has 0 spiro atoms. The van der Waals surface area contributed by atoms with Crippen molar-refractivity contribution in [2.75, 3.05) is 13.1 Å². The second-order valence-corrected chi connectivity index (χ2v) is 5.54. The predicted octanol–water partition coefficient (Wildman–Crippen LogP) is 3.39. The third-order valence-electron chi connectivity index (χ3n) is 3.60. The lowest BCUT2D eigenvalue weighted by atomic mass is 10.1. The number of fused-ring (bicyclic) bond motifs is 1. The van der Waals surface area contributed by atoms with Crippen LogP contribution >= 0.6 is 0 Å². The van der Waals surface area contributed by atoms with Gasteiger partial charge in [0.2, 0.25) is 0 Å². The van der Waals surface area contributed by atoms with E-state index in [4.69, 9.17) is 10.8 Å². The van der Waals surface area contributed by atoms with Crippen molar-refractivity contribution < 1.29 is 4.42 Å². The zero-order valence-electron chi connectivity index (χ0n) is 13.1. The van der Waals surface area contributed by atoms with Crippen LogP contribution in [0.4, 0.5) is 0 Å². The van der Waals surface area contributed by atoms with Gasteiger partial charge >= 0.3 is 0 Å². The highest BCUT2D eigenvalue weighted by Crippen LogP contribution is 2.27. The number of benzene rings is 1. The molecule has 0 radical (unpaired) electrons. The van der Waals surface area contributed by atoms with Gasteiger partial charge in [-0.3, -0.25) is 4.90 Å². The highest BCUT2D eigenvalue weighted by Gasteiger charge is 2.16. The second-order valence-electron chi connectivity index (χ2n) is 5.54. The molecule has 0 saturated carbocycles. The van der Waals surface area contributed by atoms with Crippen molar-refractivity contribution >= 4 is 11.0 Å². The van der Waals surface area contributed by atoms with E-state index in [1.807, 2.05) is 12.1 Å². The number of hydrogen-bond donors (Lipinski definition) is 1. The fraction of sp³-hybridized carbons (Fsp3) is 0.444. The van der Waals surface area contributed by atoms with Crippen LogP contribution in [0, 0.1) is 12.3 Å². The third-order valence-corrected chi connectivity index (χ3v) is 3.60. The molecule has 0 amide bonds. The molecule has 3 nitrogen and oxygen atoms in total. The van der Waals surface area contributed by atoms with Gasteiger partial charge in [-0.2, -0.15) is 0 Å². The molecule has 1 aromatic heterocycles. The maximum absolute atomic E-state index is 6.03. The van der Waals surface area contributed by atoms with Crippen LogP contribution in [0.25, 0.3) is 11.0 Å². The average molecular weight is 284 g/mol. The minimum absolute atomic E-state index is 0.430. The molecule has 1 heterocycles. The summed E-state index contributed by atoms with van der Waals surface area (Å²) in [5, 5.41) is 4.62. The quantitative estimate of drug-likeness (QED) is 0.790. The van der Waals surface area contributed by atoms with E-state index in [2.05, 4.69) is 49.0 Å². The van der Waals surface area contributed by atoms with Gasteiger partial charge in [0.05, 0.1) is 13.1 Å². The number of nitrogens with zero attached hydrogens (tertiary/aromatic N) is 1. The van der Waals surface area contributed by atoms with Crippen molar-refractivity contribution in [2.24, 2.45) is 0 Å². The number of furan rings is 1. The van der Waals surface area contributed by atoms with Crippen LogP contribution in [0.5, 0.6) is 0 Å². The van der Waals surface area contributed by atoms with Gasteiger partial charge in [0, 0.05) is 23.5 Å². The lowest BCUT2D eigenvalue weighted by Crippen LogP contribution is -2.25.